The van der Waals surface area contributed by atoms with Crippen molar-refractivity contribution >= 4 is 17.3 Å². The zero-order valence-corrected chi connectivity index (χ0v) is 11.4. The van der Waals surface area contributed by atoms with Gasteiger partial charge in [-0.2, -0.15) is 4.98 Å². The summed E-state index contributed by atoms with van der Waals surface area (Å²) in [6.45, 7) is 0.543. The molecule has 0 atom stereocenters. The van der Waals surface area contributed by atoms with E-state index in [9.17, 15) is 0 Å². The summed E-state index contributed by atoms with van der Waals surface area (Å²) in [5.41, 5.74) is 0.991. The van der Waals surface area contributed by atoms with Crippen molar-refractivity contribution in [1.29, 1.82) is 0 Å². The number of rotatable bonds is 4. The number of hydrogen-bond acceptors (Lipinski definition) is 4. The van der Waals surface area contributed by atoms with Gasteiger partial charge in [-0.25, -0.2) is 0 Å². The normalized spacial score (nSPS) is 15.8. The van der Waals surface area contributed by atoms with E-state index in [2.05, 4.69) is 15.5 Å². The van der Waals surface area contributed by atoms with Gasteiger partial charge in [-0.15, -0.1) is 0 Å². The molecule has 5 heteroatoms. The summed E-state index contributed by atoms with van der Waals surface area (Å²) in [6.07, 6.45) is 4.92. The Morgan fingerprint density at radius 3 is 2.68 bits per heavy atom. The molecule has 100 valence electrons. The van der Waals surface area contributed by atoms with Gasteiger partial charge in [0.1, 0.15) is 0 Å². The number of anilines is 1. The van der Waals surface area contributed by atoms with Gasteiger partial charge in [0.25, 0.3) is 0 Å². The monoisotopic (exact) mass is 277 g/mol. The van der Waals surface area contributed by atoms with Crippen LogP contribution in [0.25, 0.3) is 0 Å². The first-order valence-electron chi connectivity index (χ1n) is 6.63. The molecule has 0 bridgehead atoms. The lowest BCUT2D eigenvalue weighted by Crippen LogP contribution is -2.00. The van der Waals surface area contributed by atoms with Crippen LogP contribution in [-0.4, -0.2) is 10.1 Å². The van der Waals surface area contributed by atoms with Crippen LogP contribution in [-0.2, 0) is 6.54 Å². The number of halogens is 1. The average molecular weight is 278 g/mol. The van der Waals surface area contributed by atoms with Crippen molar-refractivity contribution < 1.29 is 4.52 Å². The fraction of sp³-hybridized carbons (Fsp3) is 0.429. The fourth-order valence-electron chi connectivity index (χ4n) is 2.44. The van der Waals surface area contributed by atoms with Crippen LogP contribution in [0.1, 0.15) is 43.3 Å². The van der Waals surface area contributed by atoms with Crippen molar-refractivity contribution in [2.45, 2.75) is 38.1 Å². The number of aromatic nitrogens is 2. The molecule has 1 aromatic carbocycles. The Balaban J connectivity index is 1.59. The third kappa shape index (κ3) is 3.07. The van der Waals surface area contributed by atoms with Crippen LogP contribution in [0.15, 0.2) is 28.8 Å². The molecule has 3 rings (SSSR count). The molecular formula is C14H16ClN3O. The van der Waals surface area contributed by atoms with E-state index in [1.807, 2.05) is 24.3 Å². The van der Waals surface area contributed by atoms with Crippen molar-refractivity contribution in [3.8, 4) is 0 Å². The van der Waals surface area contributed by atoms with Crippen LogP contribution in [0.5, 0.6) is 0 Å². The first-order valence-corrected chi connectivity index (χ1v) is 7.01. The molecule has 0 saturated heterocycles. The van der Waals surface area contributed by atoms with Crippen LogP contribution >= 0.6 is 11.6 Å². The lowest BCUT2D eigenvalue weighted by Gasteiger charge is -2.02. The van der Waals surface area contributed by atoms with Gasteiger partial charge in [0, 0.05) is 16.6 Å². The van der Waals surface area contributed by atoms with Gasteiger partial charge in [0.15, 0.2) is 5.82 Å². The molecule has 1 aliphatic carbocycles. The molecular weight excluding hydrogens is 262 g/mol. The van der Waals surface area contributed by atoms with E-state index in [-0.39, 0.29) is 0 Å². The van der Waals surface area contributed by atoms with Gasteiger partial charge >= 0.3 is 0 Å². The summed E-state index contributed by atoms with van der Waals surface area (Å²) < 4.78 is 5.27. The van der Waals surface area contributed by atoms with Crippen molar-refractivity contribution in [3.63, 3.8) is 0 Å². The Kier molecular flexibility index (Phi) is 3.69. The predicted molar refractivity (Wildman–Crippen MR) is 74.3 cm³/mol. The first kappa shape index (κ1) is 12.5. The molecule has 1 aliphatic rings. The molecule has 19 heavy (non-hydrogen) atoms. The maximum Gasteiger partial charge on any atom is 0.245 e. The number of nitrogens with one attached hydrogen (secondary N) is 1. The van der Waals surface area contributed by atoms with E-state index < -0.39 is 0 Å². The Morgan fingerprint density at radius 1 is 1.21 bits per heavy atom. The summed E-state index contributed by atoms with van der Waals surface area (Å²) in [6, 6.07) is 7.55. The summed E-state index contributed by atoms with van der Waals surface area (Å²) in [7, 11) is 0. The Labute approximate surface area is 117 Å². The molecule has 1 fully saturated rings. The van der Waals surface area contributed by atoms with Gasteiger partial charge in [0.2, 0.25) is 5.89 Å². The highest BCUT2D eigenvalue weighted by Crippen LogP contribution is 2.32. The Bertz CT molecular complexity index is 532. The van der Waals surface area contributed by atoms with E-state index >= 15 is 0 Å². The quantitative estimate of drug-likeness (QED) is 0.918. The second-order valence-corrected chi connectivity index (χ2v) is 5.32. The van der Waals surface area contributed by atoms with Gasteiger partial charge in [-0.1, -0.05) is 29.6 Å². The molecule has 2 aromatic rings. The Morgan fingerprint density at radius 2 is 1.95 bits per heavy atom. The lowest BCUT2D eigenvalue weighted by molar-refractivity contribution is 0.374. The molecule has 0 radical (unpaired) electrons. The minimum absolute atomic E-state index is 0.494. The highest BCUT2D eigenvalue weighted by atomic mass is 35.5. The molecule has 1 saturated carbocycles. The molecule has 0 unspecified atom stereocenters. The lowest BCUT2D eigenvalue weighted by atomic mass is 10.1. The van der Waals surface area contributed by atoms with Gasteiger partial charge in [-0.05, 0) is 37.1 Å². The number of hydrogen-bond donors (Lipinski definition) is 1. The van der Waals surface area contributed by atoms with Crippen LogP contribution in [0.4, 0.5) is 5.69 Å². The second kappa shape index (κ2) is 5.61. The summed E-state index contributed by atoms with van der Waals surface area (Å²) >= 11 is 5.84. The zero-order valence-electron chi connectivity index (χ0n) is 10.6. The molecule has 4 nitrogen and oxygen atoms in total. The van der Waals surface area contributed by atoms with E-state index in [0.29, 0.717) is 18.4 Å². The van der Waals surface area contributed by atoms with E-state index in [4.69, 9.17) is 16.1 Å². The van der Waals surface area contributed by atoms with Crippen molar-refractivity contribution in [2.24, 2.45) is 0 Å². The largest absolute Gasteiger partial charge is 0.376 e. The van der Waals surface area contributed by atoms with Gasteiger partial charge in [0.05, 0.1) is 6.54 Å². The van der Waals surface area contributed by atoms with Crippen LogP contribution in [0.3, 0.4) is 0 Å². The van der Waals surface area contributed by atoms with Crippen molar-refractivity contribution in [3.05, 3.63) is 41.0 Å². The summed E-state index contributed by atoms with van der Waals surface area (Å²) in [5, 5.41) is 8.04. The highest BCUT2D eigenvalue weighted by Gasteiger charge is 2.22. The van der Waals surface area contributed by atoms with Crippen LogP contribution in [0.2, 0.25) is 5.02 Å². The minimum Gasteiger partial charge on any atom is -0.376 e. The summed E-state index contributed by atoms with van der Waals surface area (Å²) in [4.78, 5) is 4.46. The average Bonchev–Trinajstić information content (AvgIpc) is 3.09. The standard InChI is InChI=1S/C14H16ClN3O/c15-11-5-7-12(8-6-11)16-9-13-17-14(18-19-13)10-3-1-2-4-10/h5-8,10,16H,1-4,9H2. The number of nitrogens with zero attached hydrogens (tertiary/aromatic N) is 2. The second-order valence-electron chi connectivity index (χ2n) is 4.89. The molecule has 1 N–H and O–H groups in total. The van der Waals surface area contributed by atoms with E-state index in [0.717, 1.165) is 16.5 Å². The number of benzene rings is 1. The maximum absolute atomic E-state index is 5.84. The molecule has 1 aromatic heterocycles. The Hall–Kier alpha value is -1.55. The van der Waals surface area contributed by atoms with Gasteiger partial charge in [-0.3, -0.25) is 0 Å². The molecule has 1 heterocycles. The fourth-order valence-corrected chi connectivity index (χ4v) is 2.56. The predicted octanol–water partition coefficient (Wildman–Crippen LogP) is 3.99. The summed E-state index contributed by atoms with van der Waals surface area (Å²) in [5.74, 6) is 2.00. The maximum atomic E-state index is 5.84. The molecule has 0 aliphatic heterocycles. The third-order valence-electron chi connectivity index (χ3n) is 3.49. The third-order valence-corrected chi connectivity index (χ3v) is 3.74. The van der Waals surface area contributed by atoms with E-state index in [1.54, 1.807) is 0 Å². The van der Waals surface area contributed by atoms with Crippen molar-refractivity contribution in [2.75, 3.05) is 5.32 Å². The van der Waals surface area contributed by atoms with Crippen molar-refractivity contribution in [1.82, 2.24) is 10.1 Å². The smallest absolute Gasteiger partial charge is 0.245 e. The topological polar surface area (TPSA) is 51.0 Å². The van der Waals surface area contributed by atoms with E-state index in [1.165, 1.54) is 25.7 Å². The van der Waals surface area contributed by atoms with Gasteiger partial charge < -0.3 is 9.84 Å². The molecule has 0 amide bonds. The SMILES string of the molecule is Clc1ccc(NCc2nc(C3CCCC3)no2)cc1. The van der Waals surface area contributed by atoms with Crippen LogP contribution in [0, 0.1) is 0 Å². The minimum atomic E-state index is 0.494. The highest BCUT2D eigenvalue weighted by molar-refractivity contribution is 6.30. The first-order chi connectivity index (χ1) is 9.31. The zero-order chi connectivity index (χ0) is 13.1. The van der Waals surface area contributed by atoms with Crippen LogP contribution < -0.4 is 5.32 Å². The molecule has 0 spiro atoms.